The number of rotatable bonds is 6. The normalized spacial score (nSPS) is 13.9. The van der Waals surface area contributed by atoms with Crippen LogP contribution in [-0.4, -0.2) is 50.6 Å². The Balaban J connectivity index is 1.62. The van der Waals surface area contributed by atoms with E-state index in [0.717, 1.165) is 25.1 Å². The first-order chi connectivity index (χ1) is 14.0. The molecule has 5 nitrogen and oxygen atoms in total. The molecule has 0 atom stereocenters. The van der Waals surface area contributed by atoms with Gasteiger partial charge < -0.3 is 14.7 Å². The van der Waals surface area contributed by atoms with Crippen LogP contribution in [0.5, 0.6) is 0 Å². The summed E-state index contributed by atoms with van der Waals surface area (Å²) < 4.78 is 13.9. The molecule has 1 heterocycles. The van der Waals surface area contributed by atoms with Gasteiger partial charge in [-0.05, 0) is 42.8 Å². The molecular formula is C23H27FN4O. The molecule has 2 aromatic carbocycles. The number of unbranched alkanes of at least 4 members (excludes halogenated alkanes) is 1. The zero-order valence-electron chi connectivity index (χ0n) is 17.1. The Hall–Kier alpha value is -3.07. The lowest BCUT2D eigenvalue weighted by molar-refractivity contribution is 0.0747. The maximum absolute atomic E-state index is 13.9. The fourth-order valence-electron chi connectivity index (χ4n) is 3.60. The number of halogens is 1. The highest BCUT2D eigenvalue weighted by Crippen LogP contribution is 2.24. The van der Waals surface area contributed by atoms with Gasteiger partial charge in [-0.25, -0.2) is 4.39 Å². The number of piperazine rings is 1. The summed E-state index contributed by atoms with van der Waals surface area (Å²) in [5.41, 5.74) is 2.44. The van der Waals surface area contributed by atoms with Crippen LogP contribution in [-0.2, 0) is 0 Å². The van der Waals surface area contributed by atoms with Crippen molar-refractivity contribution in [3.8, 4) is 6.07 Å². The second-order valence-corrected chi connectivity index (χ2v) is 7.35. The Kier molecular flexibility index (Phi) is 6.71. The van der Waals surface area contributed by atoms with Crippen LogP contribution in [0.4, 0.5) is 15.8 Å². The minimum Gasteiger partial charge on any atom is -0.375 e. The molecule has 29 heavy (non-hydrogen) atoms. The first-order valence-electron chi connectivity index (χ1n) is 10.1. The fraction of sp³-hybridized carbons (Fsp3) is 0.391. The summed E-state index contributed by atoms with van der Waals surface area (Å²) >= 11 is 0. The van der Waals surface area contributed by atoms with Gasteiger partial charge >= 0.3 is 0 Å². The molecular weight excluding hydrogens is 367 g/mol. The summed E-state index contributed by atoms with van der Waals surface area (Å²) in [5.74, 6) is -0.500. The van der Waals surface area contributed by atoms with Crippen molar-refractivity contribution in [1.29, 1.82) is 5.26 Å². The Morgan fingerprint density at radius 2 is 1.83 bits per heavy atom. The Bertz CT molecular complexity index is 883. The second kappa shape index (κ2) is 9.42. The van der Waals surface area contributed by atoms with Crippen LogP contribution in [0.2, 0.25) is 0 Å². The van der Waals surface area contributed by atoms with Gasteiger partial charge in [-0.15, -0.1) is 0 Å². The molecule has 0 N–H and O–H groups in total. The molecule has 1 fully saturated rings. The van der Waals surface area contributed by atoms with Gasteiger partial charge in [0.1, 0.15) is 17.4 Å². The average Bonchev–Trinajstić information content (AvgIpc) is 2.77. The number of benzene rings is 2. The van der Waals surface area contributed by atoms with Crippen LogP contribution in [0.15, 0.2) is 42.5 Å². The van der Waals surface area contributed by atoms with E-state index in [4.69, 9.17) is 0 Å². The lowest BCUT2D eigenvalue weighted by Crippen LogP contribution is -2.49. The van der Waals surface area contributed by atoms with Crippen LogP contribution in [0.25, 0.3) is 0 Å². The van der Waals surface area contributed by atoms with E-state index in [1.807, 2.05) is 40.1 Å². The number of carbonyl (C=O) groups is 1. The molecule has 6 heteroatoms. The van der Waals surface area contributed by atoms with E-state index in [2.05, 4.69) is 18.9 Å². The van der Waals surface area contributed by atoms with Crippen molar-refractivity contribution in [3.05, 3.63) is 59.4 Å². The van der Waals surface area contributed by atoms with Crippen LogP contribution < -0.4 is 9.80 Å². The summed E-state index contributed by atoms with van der Waals surface area (Å²) in [4.78, 5) is 18.8. The van der Waals surface area contributed by atoms with Crippen molar-refractivity contribution in [2.75, 3.05) is 49.6 Å². The van der Waals surface area contributed by atoms with E-state index < -0.39 is 5.82 Å². The standard InChI is InChI=1S/C23H27FN4O/c1-3-4-12-26(2)19-10-8-18(9-11-19)23(29)28-15-13-27(14-16-28)22-7-5-6-21(24)20(22)17-25/h5-11H,3-4,12-16H2,1-2H3. The van der Waals surface area contributed by atoms with Crippen molar-refractivity contribution >= 4 is 17.3 Å². The van der Waals surface area contributed by atoms with E-state index in [0.29, 0.717) is 37.4 Å². The van der Waals surface area contributed by atoms with Gasteiger partial charge in [-0.2, -0.15) is 5.26 Å². The van der Waals surface area contributed by atoms with Gasteiger partial charge in [0, 0.05) is 51.0 Å². The molecule has 1 aliphatic heterocycles. The van der Waals surface area contributed by atoms with E-state index in [-0.39, 0.29) is 11.5 Å². The molecule has 0 bridgehead atoms. The van der Waals surface area contributed by atoms with Gasteiger partial charge in [-0.3, -0.25) is 4.79 Å². The minimum absolute atomic E-state index is 0.00663. The highest BCUT2D eigenvalue weighted by molar-refractivity contribution is 5.94. The SMILES string of the molecule is CCCCN(C)c1ccc(C(=O)N2CCN(c3cccc(F)c3C#N)CC2)cc1. The molecule has 0 radical (unpaired) electrons. The third-order valence-electron chi connectivity index (χ3n) is 5.41. The minimum atomic E-state index is -0.507. The first-order valence-corrected chi connectivity index (χ1v) is 10.1. The molecule has 0 saturated carbocycles. The maximum Gasteiger partial charge on any atom is 0.253 e. The fourth-order valence-corrected chi connectivity index (χ4v) is 3.60. The second-order valence-electron chi connectivity index (χ2n) is 7.35. The summed E-state index contributed by atoms with van der Waals surface area (Å²) in [7, 11) is 2.06. The molecule has 0 aromatic heterocycles. The lowest BCUT2D eigenvalue weighted by atomic mass is 10.1. The zero-order chi connectivity index (χ0) is 20.8. The van der Waals surface area contributed by atoms with E-state index in [1.54, 1.807) is 12.1 Å². The Morgan fingerprint density at radius 3 is 2.45 bits per heavy atom. The summed E-state index contributed by atoms with van der Waals surface area (Å²) in [6.07, 6.45) is 2.29. The molecule has 3 rings (SSSR count). The number of nitriles is 1. The van der Waals surface area contributed by atoms with Crippen molar-refractivity contribution < 1.29 is 9.18 Å². The van der Waals surface area contributed by atoms with E-state index in [9.17, 15) is 14.4 Å². The topological polar surface area (TPSA) is 50.6 Å². The molecule has 2 aromatic rings. The van der Waals surface area contributed by atoms with Gasteiger partial charge in [0.25, 0.3) is 5.91 Å². The predicted octanol–water partition coefficient (Wildman–Crippen LogP) is 3.90. The molecule has 1 amide bonds. The number of carbonyl (C=O) groups excluding carboxylic acids is 1. The monoisotopic (exact) mass is 394 g/mol. The summed E-state index contributed by atoms with van der Waals surface area (Å²) in [6.45, 7) is 5.39. The van der Waals surface area contributed by atoms with E-state index in [1.165, 1.54) is 6.07 Å². The van der Waals surface area contributed by atoms with Crippen LogP contribution in [0.3, 0.4) is 0 Å². The van der Waals surface area contributed by atoms with E-state index >= 15 is 0 Å². The van der Waals surface area contributed by atoms with Crippen molar-refractivity contribution in [3.63, 3.8) is 0 Å². The number of anilines is 2. The highest BCUT2D eigenvalue weighted by atomic mass is 19.1. The van der Waals surface area contributed by atoms with Gasteiger partial charge in [0.15, 0.2) is 0 Å². The molecule has 0 unspecified atom stereocenters. The lowest BCUT2D eigenvalue weighted by Gasteiger charge is -2.36. The zero-order valence-corrected chi connectivity index (χ0v) is 17.1. The smallest absolute Gasteiger partial charge is 0.253 e. The van der Waals surface area contributed by atoms with Crippen molar-refractivity contribution in [1.82, 2.24) is 4.90 Å². The van der Waals surface area contributed by atoms with Crippen molar-refractivity contribution in [2.45, 2.75) is 19.8 Å². The van der Waals surface area contributed by atoms with Gasteiger partial charge in [-0.1, -0.05) is 19.4 Å². The third-order valence-corrected chi connectivity index (χ3v) is 5.41. The third kappa shape index (κ3) is 4.68. The average molecular weight is 394 g/mol. The number of amides is 1. The van der Waals surface area contributed by atoms with Crippen LogP contribution in [0, 0.1) is 17.1 Å². The Labute approximate surface area is 171 Å². The molecule has 0 aliphatic carbocycles. The van der Waals surface area contributed by atoms with Gasteiger partial charge in [0.2, 0.25) is 0 Å². The quantitative estimate of drug-likeness (QED) is 0.746. The largest absolute Gasteiger partial charge is 0.375 e. The predicted molar refractivity (Wildman–Crippen MR) is 114 cm³/mol. The molecule has 0 spiro atoms. The van der Waals surface area contributed by atoms with Crippen LogP contribution in [0.1, 0.15) is 35.7 Å². The molecule has 1 aliphatic rings. The van der Waals surface area contributed by atoms with Crippen molar-refractivity contribution in [2.24, 2.45) is 0 Å². The van der Waals surface area contributed by atoms with Crippen LogP contribution >= 0.6 is 0 Å². The first kappa shape index (κ1) is 20.7. The Morgan fingerprint density at radius 1 is 1.14 bits per heavy atom. The molecule has 1 saturated heterocycles. The number of hydrogen-bond acceptors (Lipinski definition) is 4. The highest BCUT2D eigenvalue weighted by Gasteiger charge is 2.24. The number of nitrogens with zero attached hydrogens (tertiary/aromatic N) is 4. The molecule has 152 valence electrons. The van der Waals surface area contributed by atoms with Gasteiger partial charge in [0.05, 0.1) is 5.69 Å². The summed E-state index contributed by atoms with van der Waals surface area (Å²) in [5, 5.41) is 9.24. The number of hydrogen-bond donors (Lipinski definition) is 0. The maximum atomic E-state index is 13.9. The summed E-state index contributed by atoms with van der Waals surface area (Å²) in [6, 6.07) is 14.4.